The smallest absolute Gasteiger partial charge is 0.239 e. The van der Waals surface area contributed by atoms with Crippen LogP contribution in [-0.4, -0.2) is 15.7 Å². The highest BCUT2D eigenvalue weighted by atomic mass is 79.9. The van der Waals surface area contributed by atoms with E-state index in [1.54, 1.807) is 0 Å². The van der Waals surface area contributed by atoms with Crippen LogP contribution in [0.15, 0.2) is 29.6 Å². The van der Waals surface area contributed by atoms with Gasteiger partial charge in [-0.1, -0.05) is 52.7 Å². The van der Waals surface area contributed by atoms with Crippen molar-refractivity contribution in [1.29, 1.82) is 0 Å². The van der Waals surface area contributed by atoms with E-state index in [9.17, 15) is 4.79 Å². The van der Waals surface area contributed by atoms with E-state index >= 15 is 0 Å². The van der Waals surface area contributed by atoms with Crippen molar-refractivity contribution in [3.8, 4) is 11.3 Å². The number of benzene rings is 1. The number of alkyl halides is 1. The van der Waals surface area contributed by atoms with Crippen LogP contribution in [0.3, 0.4) is 0 Å². The number of amides is 1. The molecule has 1 aromatic carbocycles. The standard InChI is InChI=1S/C13H12BrClN2OS/c1-2-9(14)12(18)17-13-16-11(7-19-13)8-5-3-4-6-10(8)15/h3-7,9H,2H2,1H3,(H,16,17,18). The fraction of sp³-hybridized carbons (Fsp3) is 0.231. The van der Waals surface area contributed by atoms with Crippen molar-refractivity contribution in [3.63, 3.8) is 0 Å². The molecule has 0 aliphatic heterocycles. The molecule has 100 valence electrons. The minimum Gasteiger partial charge on any atom is -0.301 e. The Kier molecular flexibility index (Phi) is 4.96. The van der Waals surface area contributed by atoms with E-state index in [1.165, 1.54) is 11.3 Å². The molecule has 0 aliphatic rings. The second kappa shape index (κ2) is 6.50. The van der Waals surface area contributed by atoms with Gasteiger partial charge >= 0.3 is 0 Å². The van der Waals surface area contributed by atoms with E-state index in [0.717, 1.165) is 17.7 Å². The maximum absolute atomic E-state index is 11.7. The highest BCUT2D eigenvalue weighted by molar-refractivity contribution is 9.10. The molecule has 1 unspecified atom stereocenters. The Morgan fingerprint density at radius 2 is 2.26 bits per heavy atom. The average Bonchev–Trinajstić information content (AvgIpc) is 2.86. The van der Waals surface area contributed by atoms with Crippen molar-refractivity contribution in [2.24, 2.45) is 0 Å². The van der Waals surface area contributed by atoms with Gasteiger partial charge in [0, 0.05) is 16.0 Å². The van der Waals surface area contributed by atoms with Gasteiger partial charge in [-0.3, -0.25) is 4.79 Å². The van der Waals surface area contributed by atoms with Crippen LogP contribution in [-0.2, 0) is 4.79 Å². The number of rotatable bonds is 4. The lowest BCUT2D eigenvalue weighted by molar-refractivity contribution is -0.115. The van der Waals surface area contributed by atoms with Gasteiger partial charge < -0.3 is 5.32 Å². The molecule has 19 heavy (non-hydrogen) atoms. The summed E-state index contributed by atoms with van der Waals surface area (Å²) in [5.74, 6) is -0.0810. The number of halogens is 2. The van der Waals surface area contributed by atoms with Crippen LogP contribution < -0.4 is 5.32 Å². The Bertz CT molecular complexity index is 588. The minimum absolute atomic E-state index is 0.0810. The lowest BCUT2D eigenvalue weighted by Gasteiger charge is -2.05. The fourth-order valence-corrected chi connectivity index (χ4v) is 2.55. The molecule has 0 saturated heterocycles. The number of carbonyl (C=O) groups excluding carboxylic acids is 1. The molecule has 2 rings (SSSR count). The summed E-state index contributed by atoms with van der Waals surface area (Å²) < 4.78 is 0. The molecule has 2 aromatic rings. The number of nitrogens with zero attached hydrogens (tertiary/aromatic N) is 1. The molecule has 0 bridgehead atoms. The second-order valence-electron chi connectivity index (χ2n) is 3.88. The number of carbonyl (C=O) groups is 1. The first-order valence-corrected chi connectivity index (χ1v) is 7.94. The zero-order valence-corrected chi connectivity index (χ0v) is 13.3. The highest BCUT2D eigenvalue weighted by Crippen LogP contribution is 2.30. The summed E-state index contributed by atoms with van der Waals surface area (Å²) in [5.41, 5.74) is 1.64. The van der Waals surface area contributed by atoms with Crippen LogP contribution in [0.4, 0.5) is 5.13 Å². The van der Waals surface area contributed by atoms with Crippen LogP contribution in [0.25, 0.3) is 11.3 Å². The largest absolute Gasteiger partial charge is 0.301 e. The number of hydrogen-bond acceptors (Lipinski definition) is 3. The zero-order valence-electron chi connectivity index (χ0n) is 10.2. The normalized spacial score (nSPS) is 12.2. The second-order valence-corrected chi connectivity index (χ2v) is 6.25. The van der Waals surface area contributed by atoms with Gasteiger partial charge in [-0.25, -0.2) is 4.98 Å². The maximum atomic E-state index is 11.7. The van der Waals surface area contributed by atoms with Crippen LogP contribution in [0.2, 0.25) is 5.02 Å². The molecule has 0 radical (unpaired) electrons. The van der Waals surface area contributed by atoms with E-state index in [0.29, 0.717) is 10.2 Å². The molecular weight excluding hydrogens is 348 g/mol. The van der Waals surface area contributed by atoms with Crippen molar-refractivity contribution in [2.75, 3.05) is 5.32 Å². The predicted octanol–water partition coefficient (Wildman–Crippen LogP) is 4.58. The van der Waals surface area contributed by atoms with E-state index in [-0.39, 0.29) is 10.7 Å². The first-order valence-electron chi connectivity index (χ1n) is 5.77. The highest BCUT2D eigenvalue weighted by Gasteiger charge is 2.15. The first kappa shape index (κ1) is 14.5. The summed E-state index contributed by atoms with van der Waals surface area (Å²) in [6, 6.07) is 7.50. The number of hydrogen-bond donors (Lipinski definition) is 1. The third-order valence-corrected chi connectivity index (χ3v) is 4.68. The van der Waals surface area contributed by atoms with Gasteiger partial charge in [0.1, 0.15) is 0 Å². The van der Waals surface area contributed by atoms with Gasteiger partial charge in [0.05, 0.1) is 10.5 Å². The summed E-state index contributed by atoms with van der Waals surface area (Å²) in [4.78, 5) is 15.9. The molecule has 1 heterocycles. The van der Waals surface area contributed by atoms with Crippen LogP contribution >= 0.6 is 38.9 Å². The van der Waals surface area contributed by atoms with Crippen LogP contribution in [0, 0.1) is 0 Å². The molecule has 1 atom stereocenters. The molecule has 1 amide bonds. The van der Waals surface area contributed by atoms with Crippen molar-refractivity contribution in [1.82, 2.24) is 4.98 Å². The van der Waals surface area contributed by atoms with Gasteiger partial charge in [0.25, 0.3) is 0 Å². The van der Waals surface area contributed by atoms with Crippen molar-refractivity contribution in [3.05, 3.63) is 34.7 Å². The minimum atomic E-state index is -0.194. The summed E-state index contributed by atoms with van der Waals surface area (Å²) in [6.45, 7) is 1.94. The van der Waals surface area contributed by atoms with Gasteiger partial charge in [-0.15, -0.1) is 11.3 Å². The molecule has 0 spiro atoms. The van der Waals surface area contributed by atoms with Crippen molar-refractivity contribution in [2.45, 2.75) is 18.2 Å². The molecule has 1 N–H and O–H groups in total. The number of anilines is 1. The summed E-state index contributed by atoms with van der Waals surface area (Å²) >= 11 is 10.8. The molecule has 1 aromatic heterocycles. The topological polar surface area (TPSA) is 42.0 Å². The number of nitrogens with one attached hydrogen (secondary N) is 1. The van der Waals surface area contributed by atoms with E-state index < -0.39 is 0 Å². The molecular formula is C13H12BrClN2OS. The average molecular weight is 360 g/mol. The van der Waals surface area contributed by atoms with Gasteiger partial charge in [-0.2, -0.15) is 0 Å². The number of aromatic nitrogens is 1. The maximum Gasteiger partial charge on any atom is 0.239 e. The monoisotopic (exact) mass is 358 g/mol. The SMILES string of the molecule is CCC(Br)C(=O)Nc1nc(-c2ccccc2Cl)cs1. The third kappa shape index (κ3) is 3.55. The Labute approximate surface area is 129 Å². The van der Waals surface area contributed by atoms with Gasteiger partial charge in [-0.05, 0) is 12.5 Å². The number of thiazole rings is 1. The van der Waals surface area contributed by atoms with Gasteiger partial charge in [0.2, 0.25) is 5.91 Å². The quantitative estimate of drug-likeness (QED) is 0.812. The third-order valence-electron chi connectivity index (χ3n) is 2.53. The van der Waals surface area contributed by atoms with Crippen molar-refractivity contribution >= 4 is 49.9 Å². The van der Waals surface area contributed by atoms with E-state index in [4.69, 9.17) is 11.6 Å². The van der Waals surface area contributed by atoms with E-state index in [2.05, 4.69) is 26.2 Å². The summed E-state index contributed by atoms with van der Waals surface area (Å²) in [5, 5.41) is 5.89. The first-order chi connectivity index (χ1) is 9.11. The van der Waals surface area contributed by atoms with Crippen LogP contribution in [0.5, 0.6) is 0 Å². The molecule has 0 aliphatic carbocycles. The van der Waals surface area contributed by atoms with Crippen molar-refractivity contribution < 1.29 is 4.79 Å². The Hall–Kier alpha value is -0.910. The zero-order chi connectivity index (χ0) is 13.8. The lowest BCUT2D eigenvalue weighted by atomic mass is 10.2. The summed E-state index contributed by atoms with van der Waals surface area (Å²) in [7, 11) is 0. The van der Waals surface area contributed by atoms with E-state index in [1.807, 2.05) is 36.6 Å². The molecule has 0 fully saturated rings. The molecule has 3 nitrogen and oxygen atoms in total. The molecule has 6 heteroatoms. The Morgan fingerprint density at radius 1 is 1.53 bits per heavy atom. The Balaban J connectivity index is 2.16. The van der Waals surface area contributed by atoms with Gasteiger partial charge in [0.15, 0.2) is 5.13 Å². The summed E-state index contributed by atoms with van der Waals surface area (Å²) in [6.07, 6.45) is 0.731. The fourth-order valence-electron chi connectivity index (χ4n) is 1.49. The predicted molar refractivity (Wildman–Crippen MR) is 84.2 cm³/mol. The molecule has 0 saturated carbocycles. The van der Waals surface area contributed by atoms with Crippen LogP contribution in [0.1, 0.15) is 13.3 Å². The lowest BCUT2D eigenvalue weighted by Crippen LogP contribution is -2.21. The Morgan fingerprint density at radius 3 is 2.95 bits per heavy atom.